The number of ether oxygens (including phenoxy) is 1. The normalized spacial score (nSPS) is 17.3. The predicted molar refractivity (Wildman–Crippen MR) is 102 cm³/mol. The van der Waals surface area contributed by atoms with Crippen LogP contribution in [0.15, 0.2) is 33.7 Å². The molecule has 7 nitrogen and oxygen atoms in total. The number of imidazole rings is 1. The van der Waals surface area contributed by atoms with Gasteiger partial charge in [-0.25, -0.2) is 4.79 Å². The lowest BCUT2D eigenvalue weighted by atomic mass is 10.0. The van der Waals surface area contributed by atoms with E-state index in [0.29, 0.717) is 6.54 Å². The zero-order chi connectivity index (χ0) is 18.5. The minimum atomic E-state index is -0.121. The van der Waals surface area contributed by atoms with E-state index in [1.807, 2.05) is 32.0 Å². The molecule has 4 heterocycles. The highest BCUT2D eigenvalue weighted by atomic mass is 16.5. The maximum atomic E-state index is 12.5. The van der Waals surface area contributed by atoms with E-state index < -0.39 is 0 Å². The molecule has 4 aromatic rings. The smallest absolute Gasteiger partial charge is 0.326 e. The summed E-state index contributed by atoms with van der Waals surface area (Å²) in [7, 11) is 0. The molecule has 1 aromatic carbocycles. The van der Waals surface area contributed by atoms with Crippen molar-refractivity contribution in [1.82, 2.24) is 19.7 Å². The molecule has 0 spiro atoms. The minimum Gasteiger partial charge on any atom is -0.376 e. The molecule has 27 heavy (non-hydrogen) atoms. The van der Waals surface area contributed by atoms with Crippen molar-refractivity contribution in [3.63, 3.8) is 0 Å². The Kier molecular flexibility index (Phi) is 3.65. The van der Waals surface area contributed by atoms with Crippen molar-refractivity contribution >= 4 is 21.9 Å². The first-order valence-electron chi connectivity index (χ1n) is 9.18. The lowest BCUT2D eigenvalue weighted by molar-refractivity contribution is 0.0972. The number of nitrogens with zero attached hydrogens (tertiary/aromatic N) is 3. The van der Waals surface area contributed by atoms with Gasteiger partial charge in [0.1, 0.15) is 5.76 Å². The lowest BCUT2D eigenvalue weighted by Gasteiger charge is -2.11. The largest absolute Gasteiger partial charge is 0.376 e. The summed E-state index contributed by atoms with van der Waals surface area (Å²) in [5.74, 6) is 0.782. The number of benzene rings is 1. The molecular weight excluding hydrogens is 344 g/mol. The van der Waals surface area contributed by atoms with Crippen LogP contribution in [0.4, 0.5) is 0 Å². The fourth-order valence-electron chi connectivity index (χ4n) is 4.06. The Morgan fingerprint density at radius 2 is 2.22 bits per heavy atom. The number of fused-ring (bicyclic) bond motifs is 3. The van der Waals surface area contributed by atoms with Crippen LogP contribution in [-0.2, 0) is 11.3 Å². The summed E-state index contributed by atoms with van der Waals surface area (Å²) in [5, 5.41) is 4.98. The zero-order valence-electron chi connectivity index (χ0n) is 15.3. The maximum absolute atomic E-state index is 12.5. The lowest BCUT2D eigenvalue weighted by Crippen LogP contribution is -2.24. The quantitative estimate of drug-likeness (QED) is 0.603. The second kappa shape index (κ2) is 6.06. The third-order valence-corrected chi connectivity index (χ3v) is 5.33. The van der Waals surface area contributed by atoms with Crippen molar-refractivity contribution in [3.8, 4) is 11.1 Å². The van der Waals surface area contributed by atoms with Gasteiger partial charge < -0.3 is 14.2 Å². The molecular formula is C20H20N4O3. The summed E-state index contributed by atoms with van der Waals surface area (Å²) in [5.41, 5.74) is 5.19. The summed E-state index contributed by atoms with van der Waals surface area (Å²) < 4.78 is 12.8. The van der Waals surface area contributed by atoms with Gasteiger partial charge in [-0.2, -0.15) is 0 Å². The fourth-order valence-corrected chi connectivity index (χ4v) is 4.06. The molecule has 1 aliphatic rings. The van der Waals surface area contributed by atoms with E-state index in [0.717, 1.165) is 64.0 Å². The van der Waals surface area contributed by atoms with Gasteiger partial charge in [-0.1, -0.05) is 17.3 Å². The number of aromatic nitrogens is 4. The highest BCUT2D eigenvalue weighted by Crippen LogP contribution is 2.31. The summed E-state index contributed by atoms with van der Waals surface area (Å²) in [6, 6.07) is 6.07. The number of H-pyrrole nitrogens is 1. The van der Waals surface area contributed by atoms with E-state index in [4.69, 9.17) is 9.26 Å². The second-order valence-electron chi connectivity index (χ2n) is 7.13. The first-order valence-corrected chi connectivity index (χ1v) is 9.18. The van der Waals surface area contributed by atoms with Crippen LogP contribution in [0.1, 0.15) is 24.3 Å². The fraction of sp³-hybridized carbons (Fsp3) is 0.350. The molecule has 0 radical (unpaired) electrons. The molecule has 1 fully saturated rings. The van der Waals surface area contributed by atoms with Crippen LogP contribution >= 0.6 is 0 Å². The van der Waals surface area contributed by atoms with Crippen LogP contribution in [0.3, 0.4) is 0 Å². The highest BCUT2D eigenvalue weighted by Gasteiger charge is 2.20. The molecule has 0 aliphatic carbocycles. The van der Waals surface area contributed by atoms with Crippen LogP contribution in [-0.4, -0.2) is 32.4 Å². The average molecular weight is 364 g/mol. The van der Waals surface area contributed by atoms with Crippen molar-refractivity contribution in [2.24, 2.45) is 0 Å². The second-order valence-corrected chi connectivity index (χ2v) is 7.13. The van der Waals surface area contributed by atoms with Crippen molar-refractivity contribution in [1.29, 1.82) is 0 Å². The topological polar surface area (TPSA) is 85.9 Å². The summed E-state index contributed by atoms with van der Waals surface area (Å²) >= 11 is 0. The third-order valence-electron chi connectivity index (χ3n) is 5.33. The number of hydrogen-bond donors (Lipinski definition) is 1. The van der Waals surface area contributed by atoms with Gasteiger partial charge >= 0.3 is 5.69 Å². The van der Waals surface area contributed by atoms with Crippen molar-refractivity contribution in [2.75, 3.05) is 6.61 Å². The van der Waals surface area contributed by atoms with E-state index in [2.05, 4.69) is 15.1 Å². The molecule has 1 N–H and O–H groups in total. The van der Waals surface area contributed by atoms with E-state index in [1.165, 1.54) is 0 Å². The minimum absolute atomic E-state index is 0.0893. The molecule has 0 saturated carbocycles. The number of aryl methyl sites for hydroxylation is 2. The van der Waals surface area contributed by atoms with Gasteiger partial charge in [0.25, 0.3) is 0 Å². The van der Waals surface area contributed by atoms with E-state index in [-0.39, 0.29) is 11.8 Å². The predicted octanol–water partition coefficient (Wildman–Crippen LogP) is 3.33. The van der Waals surface area contributed by atoms with Gasteiger partial charge in [-0.3, -0.25) is 9.55 Å². The van der Waals surface area contributed by atoms with Crippen LogP contribution in [0.25, 0.3) is 33.1 Å². The number of hydrogen-bond acceptors (Lipinski definition) is 5. The Hall–Kier alpha value is -2.93. The molecule has 0 bridgehead atoms. The highest BCUT2D eigenvalue weighted by molar-refractivity contribution is 6.03. The number of rotatable bonds is 3. The van der Waals surface area contributed by atoms with E-state index in [9.17, 15) is 4.79 Å². The maximum Gasteiger partial charge on any atom is 0.326 e. The van der Waals surface area contributed by atoms with E-state index >= 15 is 0 Å². The molecule has 1 atom stereocenters. The van der Waals surface area contributed by atoms with Crippen molar-refractivity contribution < 1.29 is 9.26 Å². The zero-order valence-corrected chi connectivity index (χ0v) is 15.3. The Labute approximate surface area is 154 Å². The standard InChI is InChI=1S/C20H20N4O3/c1-11-18(12(2)27-23-11)13-5-6-15-16(8-13)21-9-17-19(15)24(20(25)22-17)10-14-4-3-7-26-14/h5-6,8-9,14H,3-4,7,10H2,1-2H3,(H,22,25). The Morgan fingerprint density at radius 3 is 2.96 bits per heavy atom. The molecule has 5 rings (SSSR count). The van der Waals surface area contributed by atoms with E-state index in [1.54, 1.807) is 10.8 Å². The molecule has 1 aliphatic heterocycles. The number of aromatic amines is 1. The monoisotopic (exact) mass is 364 g/mol. The summed E-state index contributed by atoms with van der Waals surface area (Å²) in [6.45, 7) is 5.16. The molecule has 3 aromatic heterocycles. The third kappa shape index (κ3) is 2.57. The molecule has 7 heteroatoms. The molecule has 1 saturated heterocycles. The van der Waals surface area contributed by atoms with Gasteiger partial charge in [0, 0.05) is 17.6 Å². The first-order chi connectivity index (χ1) is 13.1. The van der Waals surface area contributed by atoms with Gasteiger partial charge in [0.05, 0.1) is 41.1 Å². The van der Waals surface area contributed by atoms with Crippen LogP contribution in [0.5, 0.6) is 0 Å². The number of pyridine rings is 1. The Bertz CT molecular complexity index is 1190. The summed E-state index contributed by atoms with van der Waals surface area (Å²) in [6.07, 6.45) is 3.84. The van der Waals surface area contributed by atoms with Crippen LogP contribution < -0.4 is 5.69 Å². The summed E-state index contributed by atoms with van der Waals surface area (Å²) in [4.78, 5) is 20.0. The molecule has 1 unspecified atom stereocenters. The first kappa shape index (κ1) is 16.3. The Morgan fingerprint density at radius 1 is 1.33 bits per heavy atom. The Balaban J connectivity index is 1.69. The SMILES string of the molecule is Cc1noc(C)c1-c1ccc2c(c1)ncc1[nH]c(=O)n(CC3CCCO3)c12. The molecule has 138 valence electrons. The number of nitrogens with one attached hydrogen (secondary N) is 1. The van der Waals surface area contributed by atoms with Crippen molar-refractivity contribution in [3.05, 3.63) is 46.3 Å². The van der Waals surface area contributed by atoms with Crippen molar-refractivity contribution in [2.45, 2.75) is 39.3 Å². The van der Waals surface area contributed by atoms with Crippen LogP contribution in [0.2, 0.25) is 0 Å². The van der Waals surface area contributed by atoms with Gasteiger partial charge in [-0.15, -0.1) is 0 Å². The van der Waals surface area contributed by atoms with Gasteiger partial charge in [0.2, 0.25) is 0 Å². The van der Waals surface area contributed by atoms with Gasteiger partial charge in [-0.05, 0) is 38.3 Å². The average Bonchev–Trinajstić information content (AvgIpc) is 3.36. The molecule has 0 amide bonds. The van der Waals surface area contributed by atoms with Crippen LogP contribution in [0, 0.1) is 13.8 Å². The van der Waals surface area contributed by atoms with Gasteiger partial charge in [0.15, 0.2) is 0 Å².